The molecule has 0 saturated heterocycles. The van der Waals surface area contributed by atoms with Crippen molar-refractivity contribution < 1.29 is 13.9 Å². The summed E-state index contributed by atoms with van der Waals surface area (Å²) in [5.74, 6) is -0.249. The molecule has 3 aromatic rings. The van der Waals surface area contributed by atoms with Gasteiger partial charge in [-0.25, -0.2) is 4.39 Å². The lowest BCUT2D eigenvalue weighted by Gasteiger charge is -2.15. The number of hydrogen-bond donors (Lipinski definition) is 0. The molecule has 0 bridgehead atoms. The summed E-state index contributed by atoms with van der Waals surface area (Å²) >= 11 is 0. The monoisotopic (exact) mass is 378 g/mol. The lowest BCUT2D eigenvalue weighted by atomic mass is 9.97. The van der Waals surface area contributed by atoms with Gasteiger partial charge >= 0.3 is 5.97 Å². The number of hydrogen-bond acceptors (Lipinski definition) is 3. The van der Waals surface area contributed by atoms with Crippen LogP contribution < -0.4 is 0 Å². The van der Waals surface area contributed by atoms with Crippen LogP contribution in [0, 0.1) is 5.82 Å². The number of aromatic nitrogens is 1. The second kappa shape index (κ2) is 7.23. The van der Waals surface area contributed by atoms with Crippen molar-refractivity contribution in [2.75, 3.05) is 7.11 Å². The Labute approximate surface area is 163 Å². The number of esters is 1. The van der Waals surface area contributed by atoms with Crippen LogP contribution in [0.25, 0.3) is 16.6 Å². The van der Waals surface area contributed by atoms with Crippen molar-refractivity contribution in [1.82, 2.24) is 4.57 Å². The van der Waals surface area contributed by atoms with E-state index in [0.29, 0.717) is 19.4 Å². The molecule has 2 heterocycles. The number of carbonyl (C=O) groups is 1. The van der Waals surface area contributed by atoms with Crippen molar-refractivity contribution in [2.24, 2.45) is 4.99 Å². The van der Waals surface area contributed by atoms with Crippen LogP contribution in [0.2, 0.25) is 0 Å². The number of aryl methyl sites for hydroxylation is 1. The van der Waals surface area contributed by atoms with E-state index in [1.165, 1.54) is 24.8 Å². The third-order valence-corrected chi connectivity index (χ3v) is 5.30. The maximum absolute atomic E-state index is 13.5. The molecule has 0 atom stereocenters. The standard InChI is InChI=1S/C23H23FN2O2/c1-14(2)23-19(8-9-22(27)28-3)20-10-15-12-25-13-16(15)11-21(20)26(23)18-6-4-17(24)5-7-18/h4-7,10-11,13-14H,8-9,12H2,1-3H3. The van der Waals surface area contributed by atoms with E-state index in [9.17, 15) is 9.18 Å². The van der Waals surface area contributed by atoms with E-state index >= 15 is 0 Å². The summed E-state index contributed by atoms with van der Waals surface area (Å²) in [6.07, 6.45) is 2.83. The van der Waals surface area contributed by atoms with E-state index < -0.39 is 0 Å². The molecule has 1 aromatic heterocycles. The van der Waals surface area contributed by atoms with Gasteiger partial charge in [0.05, 0.1) is 19.2 Å². The number of carbonyl (C=O) groups excluding carboxylic acids is 1. The average Bonchev–Trinajstić information content (AvgIpc) is 3.26. The fourth-order valence-corrected chi connectivity index (χ4v) is 4.04. The first-order valence-corrected chi connectivity index (χ1v) is 9.52. The Morgan fingerprint density at radius 2 is 2.00 bits per heavy atom. The van der Waals surface area contributed by atoms with Crippen molar-refractivity contribution >= 4 is 23.1 Å². The predicted molar refractivity (Wildman–Crippen MR) is 109 cm³/mol. The maximum atomic E-state index is 13.5. The average molecular weight is 378 g/mol. The number of aliphatic imine (C=N–C) groups is 1. The van der Waals surface area contributed by atoms with E-state index in [4.69, 9.17) is 4.74 Å². The molecule has 4 nitrogen and oxygen atoms in total. The van der Waals surface area contributed by atoms with Crippen LogP contribution in [-0.2, 0) is 22.5 Å². The van der Waals surface area contributed by atoms with Crippen LogP contribution in [0.5, 0.6) is 0 Å². The van der Waals surface area contributed by atoms with E-state index in [-0.39, 0.29) is 17.7 Å². The molecule has 0 unspecified atom stereocenters. The number of ether oxygens (including phenoxy) is 1. The minimum atomic E-state index is -0.259. The molecule has 0 fully saturated rings. The molecule has 0 aliphatic carbocycles. The molecule has 0 radical (unpaired) electrons. The van der Waals surface area contributed by atoms with Gasteiger partial charge in [-0.05, 0) is 65.4 Å². The summed E-state index contributed by atoms with van der Waals surface area (Å²) in [7, 11) is 1.41. The normalized spacial score (nSPS) is 12.8. The molecule has 0 spiro atoms. The number of methoxy groups -OCH3 is 1. The number of nitrogens with zero attached hydrogens (tertiary/aromatic N) is 2. The van der Waals surface area contributed by atoms with E-state index in [0.717, 1.165) is 33.4 Å². The van der Waals surface area contributed by atoms with Gasteiger partial charge in [-0.15, -0.1) is 0 Å². The fourth-order valence-electron chi connectivity index (χ4n) is 4.04. The quantitative estimate of drug-likeness (QED) is 0.591. The zero-order valence-electron chi connectivity index (χ0n) is 16.3. The van der Waals surface area contributed by atoms with Crippen molar-refractivity contribution in [1.29, 1.82) is 0 Å². The van der Waals surface area contributed by atoms with Crippen LogP contribution in [0.15, 0.2) is 41.4 Å². The number of benzene rings is 2. The van der Waals surface area contributed by atoms with Gasteiger partial charge in [-0.3, -0.25) is 9.79 Å². The minimum absolute atomic E-state index is 0.220. The van der Waals surface area contributed by atoms with Gasteiger partial charge in [-0.1, -0.05) is 13.8 Å². The van der Waals surface area contributed by atoms with Crippen molar-refractivity contribution in [3.05, 3.63) is 64.6 Å². The first-order chi connectivity index (χ1) is 13.5. The summed E-state index contributed by atoms with van der Waals surface area (Å²) < 4.78 is 20.6. The Hall–Kier alpha value is -2.95. The summed E-state index contributed by atoms with van der Waals surface area (Å²) in [6, 6.07) is 10.9. The van der Waals surface area contributed by atoms with Crippen molar-refractivity contribution in [3.8, 4) is 5.69 Å². The molecule has 4 rings (SSSR count). The van der Waals surface area contributed by atoms with Gasteiger partial charge < -0.3 is 9.30 Å². The van der Waals surface area contributed by atoms with Gasteiger partial charge in [0, 0.05) is 29.4 Å². The maximum Gasteiger partial charge on any atom is 0.305 e. The topological polar surface area (TPSA) is 43.6 Å². The first kappa shape index (κ1) is 18.4. The molecule has 0 N–H and O–H groups in total. The van der Waals surface area contributed by atoms with Gasteiger partial charge in [-0.2, -0.15) is 0 Å². The molecule has 2 aromatic carbocycles. The molecule has 0 saturated carbocycles. The molecular weight excluding hydrogens is 355 g/mol. The van der Waals surface area contributed by atoms with E-state index in [2.05, 4.69) is 35.5 Å². The van der Waals surface area contributed by atoms with Gasteiger partial charge in [0.2, 0.25) is 0 Å². The molecular formula is C23H23FN2O2. The van der Waals surface area contributed by atoms with Crippen LogP contribution in [0.3, 0.4) is 0 Å². The summed E-state index contributed by atoms with van der Waals surface area (Å²) in [5.41, 5.74) is 6.57. The minimum Gasteiger partial charge on any atom is -0.469 e. The Balaban J connectivity index is 1.99. The second-order valence-electron chi connectivity index (χ2n) is 7.44. The molecule has 0 amide bonds. The highest BCUT2D eigenvalue weighted by Gasteiger charge is 2.23. The van der Waals surface area contributed by atoms with Crippen LogP contribution in [0.4, 0.5) is 4.39 Å². The zero-order chi connectivity index (χ0) is 19.8. The van der Waals surface area contributed by atoms with Gasteiger partial charge in [0.1, 0.15) is 5.82 Å². The summed E-state index contributed by atoms with van der Waals surface area (Å²) in [4.78, 5) is 16.2. The molecule has 1 aliphatic heterocycles. The predicted octanol–water partition coefficient (Wildman–Crippen LogP) is 4.93. The first-order valence-electron chi connectivity index (χ1n) is 9.52. The molecule has 1 aliphatic rings. The second-order valence-corrected chi connectivity index (χ2v) is 7.44. The van der Waals surface area contributed by atoms with Gasteiger partial charge in [0.25, 0.3) is 0 Å². The lowest BCUT2D eigenvalue weighted by molar-refractivity contribution is -0.140. The summed E-state index contributed by atoms with van der Waals surface area (Å²) in [5, 5.41) is 1.13. The zero-order valence-corrected chi connectivity index (χ0v) is 16.3. The largest absolute Gasteiger partial charge is 0.469 e. The highest BCUT2D eigenvalue weighted by atomic mass is 19.1. The Bertz CT molecular complexity index is 1080. The van der Waals surface area contributed by atoms with Crippen molar-refractivity contribution in [3.63, 3.8) is 0 Å². The number of halogens is 1. The molecule has 5 heteroatoms. The third kappa shape index (κ3) is 3.11. The van der Waals surface area contributed by atoms with Crippen LogP contribution in [0.1, 0.15) is 48.6 Å². The third-order valence-electron chi connectivity index (χ3n) is 5.30. The Kier molecular flexibility index (Phi) is 4.75. The van der Waals surface area contributed by atoms with Crippen LogP contribution >= 0.6 is 0 Å². The highest BCUT2D eigenvalue weighted by molar-refractivity contribution is 5.96. The Morgan fingerprint density at radius 3 is 2.68 bits per heavy atom. The van der Waals surface area contributed by atoms with Gasteiger partial charge in [0.15, 0.2) is 0 Å². The smallest absolute Gasteiger partial charge is 0.305 e. The van der Waals surface area contributed by atoms with E-state index in [1.807, 2.05) is 6.21 Å². The lowest BCUT2D eigenvalue weighted by Crippen LogP contribution is -2.07. The summed E-state index contributed by atoms with van der Waals surface area (Å²) in [6.45, 7) is 4.97. The fraction of sp³-hybridized carbons (Fsp3) is 0.304. The van der Waals surface area contributed by atoms with Crippen LogP contribution in [-0.4, -0.2) is 23.9 Å². The Morgan fingerprint density at radius 1 is 1.25 bits per heavy atom. The highest BCUT2D eigenvalue weighted by Crippen LogP contribution is 2.37. The number of fused-ring (bicyclic) bond motifs is 2. The SMILES string of the molecule is COC(=O)CCc1c(C(C)C)n(-c2ccc(F)cc2)c2cc3c(cc12)CN=C3. The molecule has 144 valence electrons. The van der Waals surface area contributed by atoms with Crippen molar-refractivity contribution in [2.45, 2.75) is 39.2 Å². The van der Waals surface area contributed by atoms with E-state index in [1.54, 1.807) is 12.1 Å². The molecule has 28 heavy (non-hydrogen) atoms. The number of rotatable bonds is 5.